The summed E-state index contributed by atoms with van der Waals surface area (Å²) in [6.45, 7) is 1.71. The predicted molar refractivity (Wildman–Crippen MR) is 38.9 cm³/mol. The van der Waals surface area contributed by atoms with Gasteiger partial charge in [-0.2, -0.15) is 13.2 Å². The fourth-order valence-electron chi connectivity index (χ4n) is 1.05. The fraction of sp³-hybridized carbons (Fsp3) is 0.625. The molecule has 1 aliphatic rings. The van der Waals surface area contributed by atoms with Crippen LogP contribution in [0.15, 0.2) is 11.6 Å². The summed E-state index contributed by atoms with van der Waals surface area (Å²) < 4.78 is 40.9. The Morgan fingerprint density at radius 1 is 1.62 bits per heavy atom. The van der Waals surface area contributed by atoms with Crippen molar-refractivity contribution in [3.05, 3.63) is 11.6 Å². The minimum absolute atomic E-state index is 0.0120. The van der Waals surface area contributed by atoms with Crippen LogP contribution in [-0.4, -0.2) is 18.8 Å². The molecule has 1 heterocycles. The van der Waals surface area contributed by atoms with Gasteiger partial charge in [-0.3, -0.25) is 4.79 Å². The molecule has 1 rings (SSSR count). The molecule has 0 N–H and O–H groups in total. The van der Waals surface area contributed by atoms with Crippen molar-refractivity contribution in [2.75, 3.05) is 6.61 Å². The maximum absolute atomic E-state index is 12.2. The Morgan fingerprint density at radius 3 is 2.69 bits per heavy atom. The van der Waals surface area contributed by atoms with Gasteiger partial charge in [-0.15, -0.1) is 0 Å². The number of halogens is 3. The van der Waals surface area contributed by atoms with Crippen LogP contribution in [0.1, 0.15) is 13.3 Å². The molecular weight excluding hydrogens is 185 g/mol. The van der Waals surface area contributed by atoms with Crippen LogP contribution in [0.25, 0.3) is 0 Å². The first-order valence-electron chi connectivity index (χ1n) is 3.88. The summed E-state index contributed by atoms with van der Waals surface area (Å²) in [5.74, 6) is -3.28. The Balaban J connectivity index is 2.87. The van der Waals surface area contributed by atoms with E-state index in [0.717, 1.165) is 6.08 Å². The van der Waals surface area contributed by atoms with Crippen LogP contribution in [0.3, 0.4) is 0 Å². The van der Waals surface area contributed by atoms with E-state index in [0.29, 0.717) is 12.0 Å². The number of rotatable bonds is 1. The molecule has 13 heavy (non-hydrogen) atoms. The lowest BCUT2D eigenvalue weighted by Crippen LogP contribution is -2.34. The van der Waals surface area contributed by atoms with Gasteiger partial charge in [0, 0.05) is 0 Å². The first kappa shape index (κ1) is 10.1. The van der Waals surface area contributed by atoms with Crippen LogP contribution in [0.5, 0.6) is 0 Å². The molecule has 74 valence electrons. The minimum Gasteiger partial charge on any atom is -0.460 e. The molecule has 0 aromatic rings. The van der Waals surface area contributed by atoms with Gasteiger partial charge in [-0.25, -0.2) is 0 Å². The summed E-state index contributed by atoms with van der Waals surface area (Å²) in [6, 6.07) is 0. The van der Waals surface area contributed by atoms with Gasteiger partial charge in [0.1, 0.15) is 6.61 Å². The number of hydrogen-bond acceptors (Lipinski definition) is 2. The third-order valence-electron chi connectivity index (χ3n) is 1.86. The first-order chi connectivity index (χ1) is 5.95. The molecule has 0 spiro atoms. The highest BCUT2D eigenvalue weighted by molar-refractivity contribution is 5.76. The molecule has 1 aliphatic heterocycles. The average Bonchev–Trinajstić information content (AvgIpc) is 2.03. The van der Waals surface area contributed by atoms with Gasteiger partial charge in [0.15, 0.2) is 5.92 Å². The highest BCUT2D eigenvalue weighted by Gasteiger charge is 2.46. The number of carbonyl (C=O) groups is 1. The van der Waals surface area contributed by atoms with Crippen LogP contribution >= 0.6 is 0 Å². The van der Waals surface area contributed by atoms with E-state index in [2.05, 4.69) is 4.74 Å². The van der Waals surface area contributed by atoms with E-state index in [9.17, 15) is 18.0 Å². The maximum Gasteiger partial charge on any atom is 0.405 e. The molecule has 0 aliphatic carbocycles. The molecule has 2 nitrogen and oxygen atoms in total. The van der Waals surface area contributed by atoms with E-state index in [1.165, 1.54) is 0 Å². The zero-order valence-corrected chi connectivity index (χ0v) is 7.02. The monoisotopic (exact) mass is 194 g/mol. The van der Waals surface area contributed by atoms with Crippen LogP contribution in [0.2, 0.25) is 0 Å². The Morgan fingerprint density at radius 2 is 2.23 bits per heavy atom. The number of alkyl halides is 3. The summed E-state index contributed by atoms with van der Waals surface area (Å²) in [7, 11) is 0. The smallest absolute Gasteiger partial charge is 0.405 e. The zero-order chi connectivity index (χ0) is 10.1. The predicted octanol–water partition coefficient (Wildman–Crippen LogP) is 2.06. The van der Waals surface area contributed by atoms with Gasteiger partial charge >= 0.3 is 12.1 Å². The topological polar surface area (TPSA) is 26.3 Å². The van der Waals surface area contributed by atoms with Gasteiger partial charge in [0.25, 0.3) is 0 Å². The summed E-state index contributed by atoms with van der Waals surface area (Å²) in [4.78, 5) is 10.7. The van der Waals surface area contributed by atoms with Crippen molar-refractivity contribution < 1.29 is 22.7 Å². The molecule has 5 heteroatoms. The minimum atomic E-state index is -4.53. The van der Waals surface area contributed by atoms with E-state index >= 15 is 0 Å². The van der Waals surface area contributed by atoms with Crippen LogP contribution in [0, 0.1) is 5.92 Å². The molecule has 1 atom stereocenters. The molecule has 1 unspecified atom stereocenters. The van der Waals surface area contributed by atoms with Crippen molar-refractivity contribution >= 4 is 5.97 Å². The summed E-state index contributed by atoms with van der Waals surface area (Å²) in [5, 5.41) is 0. The molecule has 0 aromatic carbocycles. The largest absolute Gasteiger partial charge is 0.460 e. The maximum atomic E-state index is 12.2. The molecule has 0 radical (unpaired) electrons. The van der Waals surface area contributed by atoms with E-state index in [-0.39, 0.29) is 6.61 Å². The van der Waals surface area contributed by atoms with Crippen molar-refractivity contribution in [1.82, 2.24) is 0 Å². The Bertz CT molecular complexity index is 242. The van der Waals surface area contributed by atoms with Crippen LogP contribution in [-0.2, 0) is 9.53 Å². The quantitative estimate of drug-likeness (QED) is 0.471. The Labute approximate surface area is 73.4 Å². The molecule has 0 bridgehead atoms. The molecule has 0 amide bonds. The molecule has 0 saturated carbocycles. The lowest BCUT2D eigenvalue weighted by atomic mass is 10.0. The number of hydrogen-bond donors (Lipinski definition) is 0. The SMILES string of the molecule is CCC1=CC(C(F)(F)F)C(=O)OC1. The van der Waals surface area contributed by atoms with Gasteiger partial charge in [-0.05, 0) is 12.0 Å². The van der Waals surface area contributed by atoms with Crippen molar-refractivity contribution in [3.8, 4) is 0 Å². The summed E-state index contributed by atoms with van der Waals surface area (Å²) in [5.41, 5.74) is 0.516. The fourth-order valence-corrected chi connectivity index (χ4v) is 1.05. The van der Waals surface area contributed by atoms with Crippen molar-refractivity contribution in [2.24, 2.45) is 5.92 Å². The highest BCUT2D eigenvalue weighted by atomic mass is 19.4. The van der Waals surface area contributed by atoms with E-state index in [1.807, 2.05) is 0 Å². The van der Waals surface area contributed by atoms with Crippen molar-refractivity contribution in [2.45, 2.75) is 19.5 Å². The van der Waals surface area contributed by atoms with Gasteiger partial charge < -0.3 is 4.74 Å². The van der Waals surface area contributed by atoms with Crippen molar-refractivity contribution in [3.63, 3.8) is 0 Å². The lowest BCUT2D eigenvalue weighted by molar-refractivity contribution is -0.190. The molecule has 0 fully saturated rings. The molecular formula is C8H9F3O2. The second kappa shape index (κ2) is 3.40. The van der Waals surface area contributed by atoms with E-state index in [1.54, 1.807) is 6.92 Å². The lowest BCUT2D eigenvalue weighted by Gasteiger charge is -2.21. The zero-order valence-electron chi connectivity index (χ0n) is 7.02. The molecule has 0 saturated heterocycles. The highest BCUT2D eigenvalue weighted by Crippen LogP contribution is 2.31. The van der Waals surface area contributed by atoms with E-state index < -0.39 is 18.1 Å². The number of carbonyl (C=O) groups excluding carboxylic acids is 1. The van der Waals surface area contributed by atoms with Gasteiger partial charge in [-0.1, -0.05) is 13.0 Å². The first-order valence-corrected chi connectivity index (χ1v) is 3.88. The van der Waals surface area contributed by atoms with Crippen LogP contribution < -0.4 is 0 Å². The Kier molecular flexibility index (Phi) is 2.63. The van der Waals surface area contributed by atoms with Crippen LogP contribution in [0.4, 0.5) is 13.2 Å². The molecule has 0 aromatic heterocycles. The third-order valence-corrected chi connectivity index (χ3v) is 1.86. The van der Waals surface area contributed by atoms with E-state index in [4.69, 9.17) is 0 Å². The standard InChI is InChI=1S/C8H9F3O2/c1-2-5-3-6(8(9,10)11)7(12)13-4-5/h3,6H,2,4H2,1H3. The number of esters is 1. The summed E-state index contributed by atoms with van der Waals surface area (Å²) >= 11 is 0. The Hall–Kier alpha value is -1.00. The normalized spacial score (nSPS) is 23.8. The second-order valence-corrected chi connectivity index (χ2v) is 2.81. The third kappa shape index (κ3) is 2.23. The van der Waals surface area contributed by atoms with Gasteiger partial charge in [0.05, 0.1) is 0 Å². The second-order valence-electron chi connectivity index (χ2n) is 2.81. The number of ether oxygens (including phenoxy) is 1. The van der Waals surface area contributed by atoms with Crippen molar-refractivity contribution in [1.29, 1.82) is 0 Å². The summed E-state index contributed by atoms with van der Waals surface area (Å²) in [6.07, 6.45) is -3.11. The van der Waals surface area contributed by atoms with Gasteiger partial charge in [0.2, 0.25) is 0 Å². The average molecular weight is 194 g/mol. The number of cyclic esters (lactones) is 1.